The SMILES string of the molecule is C=C1Oc2ccc(-c3ccccc3)cc2N1CCCN(C)CC. The Balaban J connectivity index is 1.79. The van der Waals surface area contributed by atoms with Gasteiger partial charge in [0.2, 0.25) is 0 Å². The minimum Gasteiger partial charge on any atom is -0.439 e. The molecule has 1 aliphatic heterocycles. The molecule has 0 aliphatic carbocycles. The van der Waals surface area contributed by atoms with Gasteiger partial charge in [0.15, 0.2) is 11.6 Å². The van der Waals surface area contributed by atoms with E-state index in [0.717, 1.165) is 43.4 Å². The van der Waals surface area contributed by atoms with E-state index < -0.39 is 0 Å². The summed E-state index contributed by atoms with van der Waals surface area (Å²) in [5.41, 5.74) is 3.55. The van der Waals surface area contributed by atoms with Gasteiger partial charge < -0.3 is 14.5 Å². The standard InChI is InChI=1S/C20H24N2O/c1-4-21(3)13-8-14-22-16(2)23-20-12-11-18(15-19(20)22)17-9-6-5-7-10-17/h5-7,9-12,15H,2,4,8,13-14H2,1,3H3. The maximum absolute atomic E-state index is 5.81. The lowest BCUT2D eigenvalue weighted by atomic mass is 10.0. The Morgan fingerprint density at radius 2 is 1.87 bits per heavy atom. The van der Waals surface area contributed by atoms with E-state index in [1.54, 1.807) is 0 Å². The number of benzene rings is 2. The van der Waals surface area contributed by atoms with E-state index in [1.165, 1.54) is 11.1 Å². The Morgan fingerprint density at radius 3 is 2.61 bits per heavy atom. The van der Waals surface area contributed by atoms with Gasteiger partial charge in [0.25, 0.3) is 0 Å². The molecule has 0 saturated heterocycles. The summed E-state index contributed by atoms with van der Waals surface area (Å²) in [5.74, 6) is 1.63. The number of ether oxygens (including phenoxy) is 1. The summed E-state index contributed by atoms with van der Waals surface area (Å²) >= 11 is 0. The second-order valence-electron chi connectivity index (χ2n) is 5.95. The minimum atomic E-state index is 0.726. The van der Waals surface area contributed by atoms with Crippen LogP contribution in [0.5, 0.6) is 5.75 Å². The van der Waals surface area contributed by atoms with Gasteiger partial charge in [-0.2, -0.15) is 0 Å². The highest BCUT2D eigenvalue weighted by molar-refractivity contribution is 5.75. The van der Waals surface area contributed by atoms with Crippen LogP contribution in [0.1, 0.15) is 13.3 Å². The van der Waals surface area contributed by atoms with Gasteiger partial charge in [0.05, 0.1) is 5.69 Å². The summed E-state index contributed by atoms with van der Waals surface area (Å²) in [4.78, 5) is 4.51. The van der Waals surface area contributed by atoms with Crippen molar-refractivity contribution >= 4 is 5.69 Å². The van der Waals surface area contributed by atoms with Gasteiger partial charge in [0.1, 0.15) is 0 Å². The number of anilines is 1. The highest BCUT2D eigenvalue weighted by atomic mass is 16.5. The Morgan fingerprint density at radius 1 is 1.09 bits per heavy atom. The van der Waals surface area contributed by atoms with Crippen molar-refractivity contribution in [2.75, 3.05) is 31.6 Å². The summed E-state index contributed by atoms with van der Waals surface area (Å²) in [7, 11) is 2.15. The average molecular weight is 308 g/mol. The molecule has 3 nitrogen and oxygen atoms in total. The lowest BCUT2D eigenvalue weighted by molar-refractivity contribution is 0.346. The first-order chi connectivity index (χ1) is 11.2. The first-order valence-corrected chi connectivity index (χ1v) is 8.21. The normalized spacial score (nSPS) is 13.3. The molecule has 2 aromatic rings. The molecule has 23 heavy (non-hydrogen) atoms. The number of fused-ring (bicyclic) bond motifs is 1. The van der Waals surface area contributed by atoms with Crippen molar-refractivity contribution in [1.82, 2.24) is 4.90 Å². The summed E-state index contributed by atoms with van der Waals surface area (Å²) in [6.07, 6.45) is 1.09. The predicted molar refractivity (Wildman–Crippen MR) is 96.8 cm³/mol. The van der Waals surface area contributed by atoms with Crippen molar-refractivity contribution < 1.29 is 4.74 Å². The van der Waals surface area contributed by atoms with Crippen LogP contribution in [0, 0.1) is 0 Å². The van der Waals surface area contributed by atoms with Crippen LogP contribution in [0.2, 0.25) is 0 Å². The van der Waals surface area contributed by atoms with Gasteiger partial charge in [-0.25, -0.2) is 0 Å². The van der Waals surface area contributed by atoms with Gasteiger partial charge in [-0.1, -0.05) is 43.3 Å². The molecule has 1 heterocycles. The molecule has 3 heteroatoms. The number of hydrogen-bond acceptors (Lipinski definition) is 3. The molecule has 0 saturated carbocycles. The van der Waals surface area contributed by atoms with Crippen molar-refractivity contribution in [2.45, 2.75) is 13.3 Å². The third-order valence-corrected chi connectivity index (χ3v) is 4.35. The van der Waals surface area contributed by atoms with E-state index >= 15 is 0 Å². The second kappa shape index (κ2) is 6.88. The molecule has 2 aromatic carbocycles. The van der Waals surface area contributed by atoms with Crippen LogP contribution in [0.25, 0.3) is 11.1 Å². The minimum absolute atomic E-state index is 0.726. The Kier molecular flexibility index (Phi) is 4.68. The van der Waals surface area contributed by atoms with E-state index in [0.29, 0.717) is 0 Å². The van der Waals surface area contributed by atoms with Crippen LogP contribution < -0.4 is 9.64 Å². The van der Waals surface area contributed by atoms with Crippen LogP contribution in [0.15, 0.2) is 61.0 Å². The summed E-state index contributed by atoms with van der Waals surface area (Å²) in [6, 6.07) is 16.8. The molecule has 0 atom stereocenters. The fourth-order valence-electron chi connectivity index (χ4n) is 2.84. The smallest absolute Gasteiger partial charge is 0.193 e. The maximum atomic E-state index is 5.81. The molecule has 0 spiro atoms. The highest BCUT2D eigenvalue weighted by Gasteiger charge is 2.24. The van der Waals surface area contributed by atoms with Gasteiger partial charge in [0, 0.05) is 6.54 Å². The summed E-state index contributed by atoms with van der Waals surface area (Å²) in [6.45, 7) is 9.32. The van der Waals surface area contributed by atoms with E-state index in [2.05, 4.69) is 66.7 Å². The van der Waals surface area contributed by atoms with E-state index in [4.69, 9.17) is 4.74 Å². The fraction of sp³-hybridized carbons (Fsp3) is 0.300. The van der Waals surface area contributed by atoms with Crippen LogP contribution in [0.4, 0.5) is 5.69 Å². The van der Waals surface area contributed by atoms with Gasteiger partial charge in [-0.3, -0.25) is 0 Å². The molecular formula is C20H24N2O. The quantitative estimate of drug-likeness (QED) is 0.788. The molecule has 0 unspecified atom stereocenters. The average Bonchev–Trinajstić information content (AvgIpc) is 2.90. The van der Waals surface area contributed by atoms with E-state index in [1.807, 2.05) is 12.1 Å². The number of nitrogens with zero attached hydrogens (tertiary/aromatic N) is 2. The largest absolute Gasteiger partial charge is 0.439 e. The summed E-state index contributed by atoms with van der Waals surface area (Å²) < 4.78 is 5.81. The van der Waals surface area contributed by atoms with Gasteiger partial charge in [-0.05, 0) is 56.4 Å². The van der Waals surface area contributed by atoms with Crippen LogP contribution in [-0.4, -0.2) is 31.6 Å². The lowest BCUT2D eigenvalue weighted by Gasteiger charge is -2.20. The zero-order chi connectivity index (χ0) is 16.2. The molecule has 0 fully saturated rings. The number of hydrogen-bond donors (Lipinski definition) is 0. The number of rotatable bonds is 6. The first kappa shape index (κ1) is 15.6. The highest BCUT2D eigenvalue weighted by Crippen LogP contribution is 2.41. The van der Waals surface area contributed by atoms with Crippen LogP contribution in [-0.2, 0) is 0 Å². The van der Waals surface area contributed by atoms with Crippen molar-refractivity contribution in [3.63, 3.8) is 0 Å². The Labute approximate surface area is 138 Å². The molecular weight excluding hydrogens is 284 g/mol. The molecule has 0 bridgehead atoms. The van der Waals surface area contributed by atoms with Gasteiger partial charge in [-0.15, -0.1) is 0 Å². The van der Waals surface area contributed by atoms with Crippen molar-refractivity contribution in [1.29, 1.82) is 0 Å². The lowest BCUT2D eigenvalue weighted by Crippen LogP contribution is -2.26. The van der Waals surface area contributed by atoms with E-state index in [9.17, 15) is 0 Å². The maximum Gasteiger partial charge on any atom is 0.193 e. The molecule has 0 amide bonds. The molecule has 0 N–H and O–H groups in total. The van der Waals surface area contributed by atoms with E-state index in [-0.39, 0.29) is 0 Å². The van der Waals surface area contributed by atoms with Crippen molar-refractivity contribution in [3.05, 3.63) is 61.0 Å². The second-order valence-corrected chi connectivity index (χ2v) is 5.95. The molecule has 0 radical (unpaired) electrons. The molecule has 120 valence electrons. The van der Waals surface area contributed by atoms with Gasteiger partial charge >= 0.3 is 0 Å². The summed E-state index contributed by atoms with van der Waals surface area (Å²) in [5, 5.41) is 0. The first-order valence-electron chi connectivity index (χ1n) is 8.21. The third kappa shape index (κ3) is 3.40. The zero-order valence-electron chi connectivity index (χ0n) is 14.0. The Hall–Kier alpha value is -2.26. The predicted octanol–water partition coefficient (Wildman–Crippen LogP) is 4.37. The van der Waals surface area contributed by atoms with Crippen molar-refractivity contribution in [3.8, 4) is 16.9 Å². The van der Waals surface area contributed by atoms with Crippen LogP contribution in [0.3, 0.4) is 0 Å². The molecule has 3 rings (SSSR count). The third-order valence-electron chi connectivity index (χ3n) is 4.35. The fourth-order valence-corrected chi connectivity index (χ4v) is 2.84. The zero-order valence-corrected chi connectivity index (χ0v) is 14.0. The Bertz CT molecular complexity index is 681. The molecule has 0 aromatic heterocycles. The van der Waals surface area contributed by atoms with Crippen LogP contribution >= 0.6 is 0 Å². The van der Waals surface area contributed by atoms with Crippen molar-refractivity contribution in [2.24, 2.45) is 0 Å². The molecule has 1 aliphatic rings. The topological polar surface area (TPSA) is 15.7 Å². The monoisotopic (exact) mass is 308 g/mol.